The third kappa shape index (κ3) is 7.05. The van der Waals surface area contributed by atoms with Gasteiger partial charge in [0.05, 0.1) is 11.4 Å². The molecule has 58 heavy (non-hydrogen) atoms. The number of hydrogen-bond donors (Lipinski definition) is 0. The summed E-state index contributed by atoms with van der Waals surface area (Å²) in [7, 11) is 0. The Kier molecular flexibility index (Phi) is 10.4. The van der Waals surface area contributed by atoms with Gasteiger partial charge in [0.25, 0.3) is 0 Å². The molecule has 0 spiro atoms. The molecule has 0 saturated carbocycles. The highest BCUT2D eigenvalue weighted by molar-refractivity contribution is 6.04. The number of rotatable bonds is 9. The molecule has 6 aromatic carbocycles. The summed E-state index contributed by atoms with van der Waals surface area (Å²) in [6.07, 6.45) is 21.7. The van der Waals surface area contributed by atoms with Crippen LogP contribution in [0.5, 0.6) is 0 Å². The van der Waals surface area contributed by atoms with E-state index in [2.05, 4.69) is 220 Å². The first-order valence-corrected chi connectivity index (χ1v) is 20.5. The van der Waals surface area contributed by atoms with Gasteiger partial charge in [-0.1, -0.05) is 195 Å². The van der Waals surface area contributed by atoms with E-state index in [1.54, 1.807) is 0 Å². The summed E-state index contributed by atoms with van der Waals surface area (Å²) in [6.45, 7) is 6.52. The Hall–Kier alpha value is -6.83. The highest BCUT2D eigenvalue weighted by atomic mass is 14.8. The summed E-state index contributed by atoms with van der Waals surface area (Å²) in [5, 5.41) is 0. The minimum absolute atomic E-state index is 0.384. The van der Waals surface area contributed by atoms with Crippen molar-refractivity contribution in [3.8, 4) is 22.3 Å². The maximum atomic E-state index is 5.26. The molecule has 9 rings (SSSR count). The van der Waals surface area contributed by atoms with Gasteiger partial charge in [-0.05, 0) is 122 Å². The largest absolute Gasteiger partial charge is 0.252 e. The zero-order chi connectivity index (χ0) is 39.3. The zero-order valence-electron chi connectivity index (χ0n) is 33.1. The van der Waals surface area contributed by atoms with Crippen LogP contribution in [0.2, 0.25) is 0 Å². The van der Waals surface area contributed by atoms with Gasteiger partial charge in [-0.3, -0.25) is 4.99 Å². The molecule has 1 heterocycles. The number of nitrogens with zero attached hydrogens (tertiary/aromatic N) is 1. The maximum Gasteiger partial charge on any atom is 0.0708 e. The van der Waals surface area contributed by atoms with Crippen LogP contribution in [0.4, 0.5) is 0 Å². The molecule has 0 saturated heterocycles. The van der Waals surface area contributed by atoms with Crippen molar-refractivity contribution >= 4 is 16.9 Å². The Morgan fingerprint density at radius 1 is 0.586 bits per heavy atom. The van der Waals surface area contributed by atoms with Crippen molar-refractivity contribution in [1.29, 1.82) is 0 Å². The van der Waals surface area contributed by atoms with Gasteiger partial charge >= 0.3 is 0 Å². The summed E-state index contributed by atoms with van der Waals surface area (Å²) in [5.41, 5.74) is 18.9. The Labute approximate surface area is 343 Å². The van der Waals surface area contributed by atoms with Crippen molar-refractivity contribution in [2.75, 3.05) is 0 Å². The SMILES string of the molecule is C=CC1=C(/C=C\C)c2ccc(-c3cccc(-c4cccc(C5=CCC(c6ccccc6)=NC(C6=CCCC=C6)=C5)c4)c3)cc2CC1(c1ccccc1)c1ccccc1. The predicted molar refractivity (Wildman–Crippen MR) is 247 cm³/mol. The summed E-state index contributed by atoms with van der Waals surface area (Å²) < 4.78 is 0. The monoisotopic (exact) mass is 745 g/mol. The zero-order valence-corrected chi connectivity index (χ0v) is 33.1. The van der Waals surface area contributed by atoms with Crippen LogP contribution in [0.1, 0.15) is 59.6 Å². The molecule has 0 unspecified atom stereocenters. The van der Waals surface area contributed by atoms with E-state index in [4.69, 9.17) is 4.99 Å². The first kappa shape index (κ1) is 36.8. The van der Waals surface area contributed by atoms with Crippen molar-refractivity contribution in [2.45, 2.75) is 38.0 Å². The van der Waals surface area contributed by atoms with Crippen LogP contribution in [-0.4, -0.2) is 5.71 Å². The molecule has 0 bridgehead atoms. The Balaban J connectivity index is 1.09. The van der Waals surface area contributed by atoms with Gasteiger partial charge in [0, 0.05) is 11.8 Å². The number of hydrogen-bond acceptors (Lipinski definition) is 1. The highest BCUT2D eigenvalue weighted by Gasteiger charge is 2.42. The number of fused-ring (bicyclic) bond motifs is 1. The smallest absolute Gasteiger partial charge is 0.0708 e. The fourth-order valence-corrected chi connectivity index (χ4v) is 9.05. The van der Waals surface area contributed by atoms with Crippen LogP contribution in [0.3, 0.4) is 0 Å². The fraction of sp³-hybridized carbons (Fsp3) is 0.105. The molecule has 3 aliphatic rings. The summed E-state index contributed by atoms with van der Waals surface area (Å²) >= 11 is 0. The molecule has 1 heteroatoms. The quantitative estimate of drug-likeness (QED) is 0.140. The average Bonchev–Trinajstić information content (AvgIpc) is 3.54. The van der Waals surface area contributed by atoms with Crippen molar-refractivity contribution in [3.05, 3.63) is 263 Å². The molecule has 0 aromatic heterocycles. The van der Waals surface area contributed by atoms with Crippen molar-refractivity contribution in [1.82, 2.24) is 0 Å². The molecular weight excluding hydrogens is 699 g/mol. The second-order valence-corrected chi connectivity index (χ2v) is 15.3. The minimum Gasteiger partial charge on any atom is -0.252 e. The fourth-order valence-electron chi connectivity index (χ4n) is 9.05. The van der Waals surface area contributed by atoms with E-state index in [0.717, 1.165) is 37.1 Å². The van der Waals surface area contributed by atoms with Crippen molar-refractivity contribution in [2.24, 2.45) is 4.99 Å². The molecule has 1 aliphatic heterocycles. The van der Waals surface area contributed by atoms with Crippen LogP contribution in [0.25, 0.3) is 33.4 Å². The molecule has 0 atom stereocenters. The lowest BCUT2D eigenvalue weighted by atomic mass is 9.60. The predicted octanol–water partition coefficient (Wildman–Crippen LogP) is 14.5. The lowest BCUT2D eigenvalue weighted by molar-refractivity contribution is 0.605. The molecule has 0 radical (unpaired) electrons. The normalized spacial score (nSPS) is 16.2. The molecule has 280 valence electrons. The molecular formula is C57H47N. The summed E-state index contributed by atoms with van der Waals surface area (Å²) in [5.74, 6) is 0. The average molecular weight is 746 g/mol. The van der Waals surface area contributed by atoms with E-state index < -0.39 is 0 Å². The Morgan fingerprint density at radius 2 is 1.19 bits per heavy atom. The first-order chi connectivity index (χ1) is 28.6. The van der Waals surface area contributed by atoms with Gasteiger partial charge in [-0.2, -0.15) is 0 Å². The standard InChI is InChI=1S/C57H47N/c1-3-19-53-52-34-32-47(38-49(52)40-57(54(53)4-2,50-28-13-7-14-29-50)51-30-15-8-16-31-51)45-26-17-24-43(36-45)44-25-18-27-46(37-44)48-33-35-55(41-20-9-5-10-21-41)58-56(39-48)42-22-11-6-12-23-42/h3-5,7-11,13-34,36-39H,2,6,12,35,40H2,1H3/b19-3-. The Morgan fingerprint density at radius 3 is 1.81 bits per heavy atom. The van der Waals surface area contributed by atoms with Gasteiger partial charge in [0.1, 0.15) is 0 Å². The van der Waals surface area contributed by atoms with Gasteiger partial charge in [0.2, 0.25) is 0 Å². The van der Waals surface area contributed by atoms with E-state index in [1.165, 1.54) is 77.9 Å². The Bertz CT molecular complexity index is 2670. The lowest BCUT2D eigenvalue weighted by Gasteiger charge is -2.42. The lowest BCUT2D eigenvalue weighted by Crippen LogP contribution is -2.35. The van der Waals surface area contributed by atoms with Crippen LogP contribution in [-0.2, 0) is 11.8 Å². The minimum atomic E-state index is -0.384. The van der Waals surface area contributed by atoms with Gasteiger partial charge in [-0.25, -0.2) is 0 Å². The van der Waals surface area contributed by atoms with E-state index in [0.29, 0.717) is 0 Å². The molecule has 0 fully saturated rings. The summed E-state index contributed by atoms with van der Waals surface area (Å²) in [4.78, 5) is 5.26. The van der Waals surface area contributed by atoms with E-state index >= 15 is 0 Å². The number of aliphatic imine (C=N–C) groups is 1. The third-order valence-corrected chi connectivity index (χ3v) is 11.9. The molecule has 0 amide bonds. The van der Waals surface area contributed by atoms with Crippen molar-refractivity contribution < 1.29 is 0 Å². The second-order valence-electron chi connectivity index (χ2n) is 15.3. The second kappa shape index (κ2) is 16.3. The number of allylic oxidation sites excluding steroid dienone is 11. The molecule has 2 aliphatic carbocycles. The van der Waals surface area contributed by atoms with E-state index in [9.17, 15) is 0 Å². The van der Waals surface area contributed by atoms with Gasteiger partial charge in [-0.15, -0.1) is 0 Å². The van der Waals surface area contributed by atoms with Crippen LogP contribution in [0.15, 0.2) is 235 Å². The summed E-state index contributed by atoms with van der Waals surface area (Å²) in [6, 6.07) is 57.6. The molecule has 0 N–H and O–H groups in total. The van der Waals surface area contributed by atoms with Crippen LogP contribution < -0.4 is 0 Å². The van der Waals surface area contributed by atoms with Crippen LogP contribution >= 0.6 is 0 Å². The van der Waals surface area contributed by atoms with Crippen LogP contribution in [0, 0.1) is 0 Å². The molecule has 6 aromatic rings. The number of benzene rings is 6. The van der Waals surface area contributed by atoms with E-state index in [-0.39, 0.29) is 5.41 Å². The van der Waals surface area contributed by atoms with Gasteiger partial charge < -0.3 is 0 Å². The maximum absolute atomic E-state index is 5.26. The third-order valence-electron chi connectivity index (χ3n) is 11.9. The first-order valence-electron chi connectivity index (χ1n) is 20.5. The van der Waals surface area contributed by atoms with Gasteiger partial charge in [0.15, 0.2) is 0 Å². The highest BCUT2D eigenvalue weighted by Crippen LogP contribution is 2.51. The topological polar surface area (TPSA) is 12.4 Å². The molecule has 1 nitrogen and oxygen atoms in total. The van der Waals surface area contributed by atoms with E-state index in [1.807, 2.05) is 0 Å². The van der Waals surface area contributed by atoms with Crippen molar-refractivity contribution in [3.63, 3.8) is 0 Å².